The zero-order valence-electron chi connectivity index (χ0n) is 12.3. The summed E-state index contributed by atoms with van der Waals surface area (Å²) in [4.78, 5) is 4.06. The summed E-state index contributed by atoms with van der Waals surface area (Å²) in [5.74, 6) is 0.132. The van der Waals surface area contributed by atoms with E-state index < -0.39 is 0 Å². The van der Waals surface area contributed by atoms with E-state index >= 15 is 0 Å². The predicted molar refractivity (Wildman–Crippen MR) is 90.7 cm³/mol. The molecule has 0 radical (unpaired) electrons. The van der Waals surface area contributed by atoms with Gasteiger partial charge in [-0.25, -0.2) is 9.99 Å². The minimum Gasteiger partial charge on any atom is -0.492 e. The van der Waals surface area contributed by atoms with Crippen LogP contribution in [0.1, 0.15) is 12.5 Å². The number of aliphatic hydroxyl groups is 1. The molecular formula is C16H15ClN4O2. The second-order valence-corrected chi connectivity index (χ2v) is 5.56. The lowest BCUT2D eigenvalue weighted by atomic mass is 10.0. The van der Waals surface area contributed by atoms with Crippen LogP contribution in [0, 0.1) is 0 Å². The van der Waals surface area contributed by atoms with Crippen molar-refractivity contribution in [3.05, 3.63) is 70.5 Å². The molecule has 3 heterocycles. The molecule has 4 N–H and O–H groups in total. The molecule has 0 amide bonds. The number of nitrogens with one attached hydrogen (secondary N) is 1. The number of para-hydroxylation sites is 1. The number of hydrazine groups is 2. The van der Waals surface area contributed by atoms with E-state index in [0.29, 0.717) is 10.8 Å². The standard InChI is InChI=1S/C16H13ClN4O.H2O/c1-10-8-11-4-2-3-5-13(11)21-15(10)16(22)20(19-21)12-6-7-14(17)18-9-12;/h2-9,19,22H,1H3;1H2. The van der Waals surface area contributed by atoms with Crippen LogP contribution in [0.4, 0.5) is 11.4 Å². The Morgan fingerprint density at radius 2 is 1.91 bits per heavy atom. The summed E-state index contributed by atoms with van der Waals surface area (Å²) in [7, 11) is 0. The Morgan fingerprint density at radius 1 is 1.13 bits per heavy atom. The molecule has 1 aromatic heterocycles. The normalized spacial score (nSPS) is 15.8. The van der Waals surface area contributed by atoms with Gasteiger partial charge in [0.25, 0.3) is 0 Å². The molecule has 2 aromatic rings. The zero-order valence-corrected chi connectivity index (χ0v) is 13.0. The monoisotopic (exact) mass is 330 g/mol. The van der Waals surface area contributed by atoms with E-state index in [0.717, 1.165) is 22.5 Å². The highest BCUT2D eigenvalue weighted by Crippen LogP contribution is 2.39. The Balaban J connectivity index is 0.00000156. The van der Waals surface area contributed by atoms with Gasteiger partial charge in [0.05, 0.1) is 17.6 Å². The molecule has 0 fully saturated rings. The molecule has 0 saturated heterocycles. The van der Waals surface area contributed by atoms with Crippen molar-refractivity contribution in [1.82, 2.24) is 10.5 Å². The number of nitrogens with zero attached hydrogens (tertiary/aromatic N) is 3. The second kappa shape index (κ2) is 5.58. The molecule has 6 nitrogen and oxygen atoms in total. The number of pyridine rings is 1. The summed E-state index contributed by atoms with van der Waals surface area (Å²) in [5, 5.41) is 14.5. The summed E-state index contributed by atoms with van der Waals surface area (Å²) in [6.45, 7) is 1.97. The fraction of sp³-hybridized carbons (Fsp3) is 0.0625. The summed E-state index contributed by atoms with van der Waals surface area (Å²) in [6.07, 6.45) is 3.66. The van der Waals surface area contributed by atoms with Gasteiger partial charge < -0.3 is 10.6 Å². The minimum atomic E-state index is 0. The molecule has 23 heavy (non-hydrogen) atoms. The second-order valence-electron chi connectivity index (χ2n) is 5.17. The average molecular weight is 331 g/mol. The quantitative estimate of drug-likeness (QED) is 0.786. The number of allylic oxidation sites excluding steroid dienone is 1. The van der Waals surface area contributed by atoms with E-state index in [-0.39, 0.29) is 11.4 Å². The molecule has 1 aromatic carbocycles. The molecule has 2 aliphatic heterocycles. The van der Waals surface area contributed by atoms with Crippen LogP contribution < -0.4 is 15.6 Å². The van der Waals surface area contributed by atoms with Crippen molar-refractivity contribution >= 4 is 29.1 Å². The number of hydrogen-bond acceptors (Lipinski definition) is 5. The van der Waals surface area contributed by atoms with Crippen LogP contribution in [0.3, 0.4) is 0 Å². The van der Waals surface area contributed by atoms with Crippen LogP contribution >= 0.6 is 11.6 Å². The van der Waals surface area contributed by atoms with Crippen molar-refractivity contribution in [1.29, 1.82) is 0 Å². The average Bonchev–Trinajstić information content (AvgIpc) is 2.87. The van der Waals surface area contributed by atoms with Crippen molar-refractivity contribution in [2.45, 2.75) is 6.92 Å². The molecule has 4 rings (SSSR count). The number of benzene rings is 1. The van der Waals surface area contributed by atoms with Crippen LogP contribution in [-0.4, -0.2) is 15.6 Å². The lowest BCUT2D eigenvalue weighted by Gasteiger charge is -2.28. The van der Waals surface area contributed by atoms with Crippen molar-refractivity contribution < 1.29 is 10.6 Å². The molecule has 2 aliphatic rings. The van der Waals surface area contributed by atoms with E-state index in [1.54, 1.807) is 23.3 Å². The molecule has 7 heteroatoms. The van der Waals surface area contributed by atoms with Gasteiger partial charge in [0.15, 0.2) is 0 Å². The topological polar surface area (TPSA) is 83.1 Å². The Morgan fingerprint density at radius 3 is 2.65 bits per heavy atom. The molecule has 0 bridgehead atoms. The fourth-order valence-corrected chi connectivity index (χ4v) is 2.84. The van der Waals surface area contributed by atoms with Gasteiger partial charge in [0.1, 0.15) is 10.9 Å². The highest BCUT2D eigenvalue weighted by atomic mass is 35.5. The third kappa shape index (κ3) is 2.33. The van der Waals surface area contributed by atoms with E-state index in [2.05, 4.69) is 16.6 Å². The van der Waals surface area contributed by atoms with Crippen molar-refractivity contribution in [2.24, 2.45) is 0 Å². The van der Waals surface area contributed by atoms with E-state index in [9.17, 15) is 5.11 Å². The minimum absolute atomic E-state index is 0. The summed E-state index contributed by atoms with van der Waals surface area (Å²) >= 11 is 5.82. The Kier molecular flexibility index (Phi) is 3.73. The number of aliphatic hydroxyl groups excluding tert-OH is 1. The van der Waals surface area contributed by atoms with Gasteiger partial charge in [-0.2, -0.15) is 0 Å². The Bertz CT molecular complexity index is 817. The molecule has 0 unspecified atom stereocenters. The molecule has 118 valence electrons. The van der Waals surface area contributed by atoms with Crippen molar-refractivity contribution in [2.75, 3.05) is 10.0 Å². The van der Waals surface area contributed by atoms with E-state index in [4.69, 9.17) is 11.6 Å². The first-order valence-corrected chi connectivity index (χ1v) is 7.22. The zero-order chi connectivity index (χ0) is 15.3. The van der Waals surface area contributed by atoms with Crippen LogP contribution in [0.15, 0.2) is 59.7 Å². The number of rotatable bonds is 1. The van der Waals surface area contributed by atoms with E-state index in [1.165, 1.54) is 0 Å². The largest absolute Gasteiger partial charge is 0.492 e. The number of hydrogen-bond donors (Lipinski definition) is 2. The summed E-state index contributed by atoms with van der Waals surface area (Å²) in [6, 6.07) is 11.5. The van der Waals surface area contributed by atoms with Gasteiger partial charge in [-0.3, -0.25) is 5.01 Å². The maximum Gasteiger partial charge on any atom is 0.234 e. The number of halogens is 1. The van der Waals surface area contributed by atoms with Gasteiger partial charge in [0, 0.05) is 5.56 Å². The Labute approximate surface area is 138 Å². The molecule has 0 saturated carbocycles. The molecule has 0 spiro atoms. The fourth-order valence-electron chi connectivity index (χ4n) is 2.73. The Hall–Kier alpha value is -2.54. The highest BCUT2D eigenvalue weighted by Gasteiger charge is 2.35. The van der Waals surface area contributed by atoms with Gasteiger partial charge in [-0.1, -0.05) is 29.8 Å². The third-order valence-electron chi connectivity index (χ3n) is 3.74. The summed E-state index contributed by atoms with van der Waals surface area (Å²) < 4.78 is 0. The van der Waals surface area contributed by atoms with Gasteiger partial charge in [-0.15, -0.1) is 5.53 Å². The lowest BCUT2D eigenvalue weighted by Crippen LogP contribution is -2.42. The smallest absolute Gasteiger partial charge is 0.234 e. The number of aromatic nitrogens is 1. The van der Waals surface area contributed by atoms with Gasteiger partial charge >= 0.3 is 0 Å². The molecular weight excluding hydrogens is 316 g/mol. The van der Waals surface area contributed by atoms with Crippen molar-refractivity contribution in [3.63, 3.8) is 0 Å². The molecule has 0 aliphatic carbocycles. The first-order valence-electron chi connectivity index (χ1n) is 6.84. The van der Waals surface area contributed by atoms with Gasteiger partial charge in [-0.05, 0) is 36.8 Å². The maximum atomic E-state index is 10.6. The van der Waals surface area contributed by atoms with Crippen LogP contribution in [0.2, 0.25) is 5.15 Å². The first kappa shape index (κ1) is 15.4. The maximum absolute atomic E-state index is 10.6. The van der Waals surface area contributed by atoms with Crippen LogP contribution in [0.25, 0.3) is 6.08 Å². The number of fused-ring (bicyclic) bond motifs is 3. The number of anilines is 2. The first-order chi connectivity index (χ1) is 10.6. The molecule has 0 atom stereocenters. The van der Waals surface area contributed by atoms with Crippen molar-refractivity contribution in [3.8, 4) is 0 Å². The highest BCUT2D eigenvalue weighted by molar-refractivity contribution is 6.29. The third-order valence-corrected chi connectivity index (χ3v) is 3.96. The van der Waals surface area contributed by atoms with Crippen LogP contribution in [0.5, 0.6) is 0 Å². The predicted octanol–water partition coefficient (Wildman–Crippen LogP) is 2.80. The van der Waals surface area contributed by atoms with Crippen LogP contribution in [-0.2, 0) is 0 Å². The summed E-state index contributed by atoms with van der Waals surface area (Å²) in [5.41, 5.74) is 7.68. The van der Waals surface area contributed by atoms with E-state index in [1.807, 2.05) is 36.2 Å². The SMILES string of the molecule is CC1=Cc2ccccc2N2NN(c3ccc(Cl)nc3)C(O)=C12.O. The lowest BCUT2D eigenvalue weighted by molar-refractivity contribution is 0.388. The van der Waals surface area contributed by atoms with Gasteiger partial charge in [0.2, 0.25) is 5.88 Å².